The highest BCUT2D eigenvalue weighted by atomic mass is 16.4. The fourth-order valence-electron chi connectivity index (χ4n) is 2.40. The normalized spacial score (nSPS) is 20.6. The number of carbonyl (C=O) groups is 1. The second kappa shape index (κ2) is 3.61. The summed E-state index contributed by atoms with van der Waals surface area (Å²) < 4.78 is 0. The molecule has 4 heteroatoms. The van der Waals surface area contributed by atoms with Gasteiger partial charge in [0.25, 0.3) is 0 Å². The largest absolute Gasteiger partial charge is 0.481 e. The molecule has 0 fully saturated rings. The van der Waals surface area contributed by atoms with Crippen molar-refractivity contribution in [3.63, 3.8) is 0 Å². The van der Waals surface area contributed by atoms with Crippen molar-refractivity contribution in [3.8, 4) is 0 Å². The van der Waals surface area contributed by atoms with Crippen LogP contribution in [0.15, 0.2) is 0 Å². The summed E-state index contributed by atoms with van der Waals surface area (Å²) in [6.07, 6.45) is 2.57. The number of hydrogen-bond donors (Lipinski definition) is 2. The van der Waals surface area contributed by atoms with Crippen LogP contribution in [0.5, 0.6) is 0 Å². The number of aromatic nitrogens is 2. The van der Waals surface area contributed by atoms with Crippen LogP contribution >= 0.6 is 0 Å². The van der Waals surface area contributed by atoms with Crippen molar-refractivity contribution < 1.29 is 9.90 Å². The molecular weight excluding hydrogens is 204 g/mol. The number of rotatable bonds is 1. The Bertz CT molecular complexity index is 415. The van der Waals surface area contributed by atoms with E-state index in [1.54, 1.807) is 0 Å². The molecule has 0 amide bonds. The van der Waals surface area contributed by atoms with Crippen molar-refractivity contribution >= 4 is 5.97 Å². The lowest BCUT2D eigenvalue weighted by molar-refractivity contribution is -0.139. The van der Waals surface area contributed by atoms with E-state index >= 15 is 0 Å². The summed E-state index contributed by atoms with van der Waals surface area (Å²) in [5.41, 5.74) is 2.76. The van der Waals surface area contributed by atoms with Gasteiger partial charge in [0, 0.05) is 16.7 Å². The average Bonchev–Trinajstić information content (AvgIpc) is 2.59. The van der Waals surface area contributed by atoms with Gasteiger partial charge in [-0.1, -0.05) is 20.8 Å². The minimum absolute atomic E-state index is 0.102. The Balaban J connectivity index is 2.52. The molecule has 0 aliphatic heterocycles. The van der Waals surface area contributed by atoms with Gasteiger partial charge in [0.05, 0.1) is 11.6 Å². The molecule has 1 aliphatic carbocycles. The molecule has 0 unspecified atom stereocenters. The summed E-state index contributed by atoms with van der Waals surface area (Å²) in [7, 11) is 0. The fraction of sp³-hybridized carbons (Fsp3) is 0.667. The summed E-state index contributed by atoms with van der Waals surface area (Å²) in [6.45, 7) is 6.20. The van der Waals surface area contributed by atoms with Gasteiger partial charge in [-0.2, -0.15) is 5.10 Å². The van der Waals surface area contributed by atoms with E-state index in [4.69, 9.17) is 0 Å². The van der Waals surface area contributed by atoms with Crippen molar-refractivity contribution in [3.05, 3.63) is 17.0 Å². The summed E-state index contributed by atoms with van der Waals surface area (Å²) >= 11 is 0. The SMILES string of the molecule is CC(C)(C)c1n[nH]c2c1[C@@H](C(=O)O)CCC2. The molecule has 88 valence electrons. The number of aromatic amines is 1. The van der Waals surface area contributed by atoms with E-state index in [0.717, 1.165) is 36.2 Å². The van der Waals surface area contributed by atoms with E-state index in [1.165, 1.54) is 0 Å². The zero-order valence-electron chi connectivity index (χ0n) is 10.0. The van der Waals surface area contributed by atoms with Crippen LogP contribution in [-0.4, -0.2) is 21.3 Å². The molecule has 0 saturated carbocycles. The van der Waals surface area contributed by atoms with Crippen LogP contribution < -0.4 is 0 Å². The van der Waals surface area contributed by atoms with Crippen LogP contribution in [0.2, 0.25) is 0 Å². The molecule has 1 atom stereocenters. The van der Waals surface area contributed by atoms with Crippen molar-refractivity contribution in [1.29, 1.82) is 0 Å². The number of nitrogens with one attached hydrogen (secondary N) is 1. The van der Waals surface area contributed by atoms with Crippen LogP contribution in [0.3, 0.4) is 0 Å². The number of hydrogen-bond acceptors (Lipinski definition) is 2. The van der Waals surface area contributed by atoms with Crippen molar-refractivity contribution in [1.82, 2.24) is 10.2 Å². The molecule has 16 heavy (non-hydrogen) atoms. The first-order valence-corrected chi connectivity index (χ1v) is 5.71. The third kappa shape index (κ3) is 1.72. The maximum absolute atomic E-state index is 11.3. The van der Waals surface area contributed by atoms with Crippen LogP contribution in [0, 0.1) is 0 Å². The van der Waals surface area contributed by atoms with Gasteiger partial charge >= 0.3 is 5.97 Å². The first kappa shape index (κ1) is 11.2. The average molecular weight is 222 g/mol. The van der Waals surface area contributed by atoms with Crippen LogP contribution in [0.4, 0.5) is 0 Å². The van der Waals surface area contributed by atoms with Gasteiger partial charge in [0.1, 0.15) is 0 Å². The van der Waals surface area contributed by atoms with E-state index in [9.17, 15) is 9.90 Å². The van der Waals surface area contributed by atoms with Crippen LogP contribution in [0.1, 0.15) is 56.5 Å². The molecule has 4 nitrogen and oxygen atoms in total. The van der Waals surface area contributed by atoms with Gasteiger partial charge < -0.3 is 5.11 Å². The highest BCUT2D eigenvalue weighted by molar-refractivity contribution is 5.77. The molecule has 0 radical (unpaired) electrons. The van der Waals surface area contributed by atoms with E-state index in [2.05, 4.69) is 31.0 Å². The highest BCUT2D eigenvalue weighted by Crippen LogP contribution is 2.37. The third-order valence-electron chi connectivity index (χ3n) is 3.16. The van der Waals surface area contributed by atoms with E-state index in [1.807, 2.05) is 0 Å². The van der Waals surface area contributed by atoms with Crippen LogP contribution in [0.25, 0.3) is 0 Å². The highest BCUT2D eigenvalue weighted by Gasteiger charge is 2.34. The van der Waals surface area contributed by atoms with Gasteiger partial charge in [-0.3, -0.25) is 9.89 Å². The van der Waals surface area contributed by atoms with Crippen molar-refractivity contribution in [2.45, 2.75) is 51.4 Å². The molecule has 1 aromatic heterocycles. The van der Waals surface area contributed by atoms with Gasteiger partial charge in [-0.25, -0.2) is 0 Å². The second-order valence-corrected chi connectivity index (χ2v) is 5.50. The van der Waals surface area contributed by atoms with Crippen molar-refractivity contribution in [2.24, 2.45) is 0 Å². The summed E-state index contributed by atoms with van der Waals surface area (Å²) in [5.74, 6) is -1.11. The number of carboxylic acid groups (broad SMARTS) is 1. The molecule has 1 aliphatic rings. The molecule has 0 aromatic carbocycles. The maximum Gasteiger partial charge on any atom is 0.311 e. The van der Waals surface area contributed by atoms with Gasteiger partial charge in [0.2, 0.25) is 0 Å². The zero-order valence-corrected chi connectivity index (χ0v) is 10.0. The second-order valence-electron chi connectivity index (χ2n) is 5.50. The number of H-pyrrole nitrogens is 1. The Morgan fingerprint density at radius 2 is 2.19 bits per heavy atom. The Hall–Kier alpha value is -1.32. The van der Waals surface area contributed by atoms with Crippen molar-refractivity contribution in [2.75, 3.05) is 0 Å². The van der Waals surface area contributed by atoms with Gasteiger partial charge in [-0.15, -0.1) is 0 Å². The summed E-state index contributed by atoms with van der Waals surface area (Å²) in [6, 6.07) is 0. The van der Waals surface area contributed by atoms with Crippen LogP contribution in [-0.2, 0) is 16.6 Å². The van der Waals surface area contributed by atoms with E-state index < -0.39 is 5.97 Å². The molecular formula is C12H18N2O2. The molecule has 2 rings (SSSR count). The first-order valence-electron chi connectivity index (χ1n) is 5.71. The fourth-order valence-corrected chi connectivity index (χ4v) is 2.40. The number of aryl methyl sites for hydroxylation is 1. The monoisotopic (exact) mass is 222 g/mol. The quantitative estimate of drug-likeness (QED) is 0.765. The van der Waals surface area contributed by atoms with E-state index in [0.29, 0.717) is 0 Å². The Morgan fingerprint density at radius 1 is 1.50 bits per heavy atom. The number of nitrogens with zero attached hydrogens (tertiary/aromatic N) is 1. The van der Waals surface area contributed by atoms with E-state index in [-0.39, 0.29) is 11.3 Å². The first-order chi connectivity index (χ1) is 7.41. The van der Waals surface area contributed by atoms with Gasteiger partial charge in [0.15, 0.2) is 0 Å². The predicted octanol–water partition coefficient (Wildman–Crippen LogP) is 2.21. The third-order valence-corrected chi connectivity index (χ3v) is 3.16. The molecule has 0 saturated heterocycles. The Kier molecular flexibility index (Phi) is 2.52. The molecule has 0 spiro atoms. The summed E-state index contributed by atoms with van der Waals surface area (Å²) in [5, 5.41) is 16.6. The Morgan fingerprint density at radius 3 is 2.75 bits per heavy atom. The number of fused-ring (bicyclic) bond motifs is 1. The standard InChI is InChI=1S/C12H18N2O2/c1-12(2,3)10-9-7(11(15)16)5-4-6-8(9)13-14-10/h7H,4-6H2,1-3H3,(H,13,14)(H,15,16)/t7-/m0/s1. The lowest BCUT2D eigenvalue weighted by Gasteiger charge is -2.24. The lowest BCUT2D eigenvalue weighted by atomic mass is 9.79. The lowest BCUT2D eigenvalue weighted by Crippen LogP contribution is -2.22. The number of carboxylic acids is 1. The maximum atomic E-state index is 11.3. The molecule has 0 bridgehead atoms. The molecule has 1 heterocycles. The minimum atomic E-state index is -0.729. The zero-order chi connectivity index (χ0) is 11.9. The minimum Gasteiger partial charge on any atom is -0.481 e. The predicted molar refractivity (Wildman–Crippen MR) is 60.6 cm³/mol. The topological polar surface area (TPSA) is 66.0 Å². The molecule has 1 aromatic rings. The Labute approximate surface area is 95.1 Å². The van der Waals surface area contributed by atoms with Gasteiger partial charge in [-0.05, 0) is 19.3 Å². The smallest absolute Gasteiger partial charge is 0.311 e. The summed E-state index contributed by atoms with van der Waals surface area (Å²) in [4.78, 5) is 11.3. The number of aliphatic carboxylic acids is 1. The molecule has 2 N–H and O–H groups in total.